The van der Waals surface area contributed by atoms with E-state index in [-0.39, 0.29) is 24.1 Å². The van der Waals surface area contributed by atoms with E-state index in [1.165, 1.54) is 12.1 Å². The SMILES string of the molecule is COc1cc(-c2nc(C(C)C)n(-c3ccc(F)cc3)n2)ccc1-n1cnc(C)c1.Cl. The van der Waals surface area contributed by atoms with Crippen molar-refractivity contribution < 1.29 is 9.13 Å². The maximum atomic E-state index is 13.3. The summed E-state index contributed by atoms with van der Waals surface area (Å²) in [7, 11) is 1.64. The fraction of sp³-hybridized carbons (Fsp3) is 0.227. The molecular formula is C22H23ClFN5O. The highest BCUT2D eigenvalue weighted by molar-refractivity contribution is 5.85. The normalized spacial score (nSPS) is 10.9. The first-order valence-electron chi connectivity index (χ1n) is 9.38. The fourth-order valence-corrected chi connectivity index (χ4v) is 3.18. The molecule has 0 bridgehead atoms. The van der Waals surface area contributed by atoms with E-state index in [0.29, 0.717) is 11.6 Å². The third-order valence-corrected chi connectivity index (χ3v) is 4.65. The molecule has 0 amide bonds. The Morgan fingerprint density at radius 1 is 1.07 bits per heavy atom. The van der Waals surface area contributed by atoms with Crippen LogP contribution in [0.2, 0.25) is 0 Å². The van der Waals surface area contributed by atoms with E-state index in [2.05, 4.69) is 18.8 Å². The largest absolute Gasteiger partial charge is 0.495 e. The molecule has 0 aliphatic rings. The van der Waals surface area contributed by atoms with Crippen molar-refractivity contribution in [1.82, 2.24) is 24.3 Å². The summed E-state index contributed by atoms with van der Waals surface area (Å²) in [5, 5.41) is 4.69. The van der Waals surface area contributed by atoms with Crippen LogP contribution in [0.5, 0.6) is 5.75 Å². The Labute approximate surface area is 180 Å². The number of benzene rings is 2. The molecule has 2 aromatic heterocycles. The van der Waals surface area contributed by atoms with Crippen LogP contribution in [0.25, 0.3) is 22.8 Å². The molecule has 30 heavy (non-hydrogen) atoms. The van der Waals surface area contributed by atoms with Gasteiger partial charge in [0.25, 0.3) is 0 Å². The number of aryl methyl sites for hydroxylation is 1. The lowest BCUT2D eigenvalue weighted by molar-refractivity contribution is 0.413. The van der Waals surface area contributed by atoms with Crippen LogP contribution >= 0.6 is 12.4 Å². The van der Waals surface area contributed by atoms with Crippen molar-refractivity contribution in [2.75, 3.05) is 7.11 Å². The van der Waals surface area contributed by atoms with Crippen LogP contribution in [0.1, 0.15) is 31.3 Å². The van der Waals surface area contributed by atoms with Gasteiger partial charge in [-0.3, -0.25) is 0 Å². The molecule has 156 valence electrons. The lowest BCUT2D eigenvalue weighted by Gasteiger charge is -2.10. The van der Waals surface area contributed by atoms with Crippen LogP contribution in [0, 0.1) is 12.7 Å². The zero-order valence-corrected chi connectivity index (χ0v) is 18.0. The molecule has 8 heteroatoms. The Hall–Kier alpha value is -3.19. The van der Waals surface area contributed by atoms with Crippen LogP contribution in [-0.4, -0.2) is 31.4 Å². The number of imidazole rings is 1. The summed E-state index contributed by atoms with van der Waals surface area (Å²) in [5.41, 5.74) is 3.42. The number of rotatable bonds is 5. The van der Waals surface area contributed by atoms with Gasteiger partial charge >= 0.3 is 0 Å². The molecule has 0 radical (unpaired) electrons. The number of halogens is 2. The minimum atomic E-state index is -0.282. The summed E-state index contributed by atoms with van der Waals surface area (Å²) in [4.78, 5) is 9.02. The summed E-state index contributed by atoms with van der Waals surface area (Å²) in [6.45, 7) is 6.05. The van der Waals surface area contributed by atoms with Gasteiger partial charge in [0.2, 0.25) is 0 Å². The van der Waals surface area contributed by atoms with Crippen molar-refractivity contribution in [3.63, 3.8) is 0 Å². The van der Waals surface area contributed by atoms with Crippen molar-refractivity contribution in [3.8, 4) is 28.5 Å². The molecule has 6 nitrogen and oxygen atoms in total. The smallest absolute Gasteiger partial charge is 0.181 e. The average molecular weight is 428 g/mol. The predicted octanol–water partition coefficient (Wildman–Crippen LogP) is 5.12. The summed E-state index contributed by atoms with van der Waals surface area (Å²) in [5.74, 6) is 1.96. The van der Waals surface area contributed by atoms with Gasteiger partial charge < -0.3 is 9.30 Å². The Morgan fingerprint density at radius 3 is 2.40 bits per heavy atom. The van der Waals surface area contributed by atoms with Crippen LogP contribution in [-0.2, 0) is 0 Å². The average Bonchev–Trinajstić information content (AvgIpc) is 3.35. The zero-order chi connectivity index (χ0) is 20.5. The second kappa shape index (κ2) is 8.67. The molecule has 4 aromatic rings. The third kappa shape index (κ3) is 4.07. The van der Waals surface area contributed by atoms with Gasteiger partial charge in [-0.1, -0.05) is 13.8 Å². The number of hydrogen-bond donors (Lipinski definition) is 0. The molecule has 0 saturated heterocycles. The summed E-state index contributed by atoms with van der Waals surface area (Å²) in [6.07, 6.45) is 3.70. The zero-order valence-electron chi connectivity index (χ0n) is 17.2. The van der Waals surface area contributed by atoms with E-state index in [9.17, 15) is 4.39 Å². The highest BCUT2D eigenvalue weighted by Gasteiger charge is 2.17. The van der Waals surface area contributed by atoms with Crippen LogP contribution in [0.3, 0.4) is 0 Å². The van der Waals surface area contributed by atoms with E-state index >= 15 is 0 Å². The minimum absolute atomic E-state index is 0. The highest BCUT2D eigenvalue weighted by Crippen LogP contribution is 2.30. The molecule has 0 aliphatic heterocycles. The quantitative estimate of drug-likeness (QED) is 0.443. The van der Waals surface area contributed by atoms with Crippen LogP contribution < -0.4 is 4.74 Å². The van der Waals surface area contributed by atoms with Gasteiger partial charge in [-0.15, -0.1) is 17.5 Å². The summed E-state index contributed by atoms with van der Waals surface area (Å²) >= 11 is 0. The van der Waals surface area contributed by atoms with Crippen molar-refractivity contribution >= 4 is 12.4 Å². The molecule has 0 unspecified atom stereocenters. The standard InChI is InChI=1S/C22H22FN5O.ClH/c1-14(2)22-25-21(26-28(22)18-8-6-17(23)7-9-18)16-5-10-19(20(11-16)29-4)27-12-15(3)24-13-27;/h5-14H,1-4H3;1H. The lowest BCUT2D eigenvalue weighted by atomic mass is 10.1. The molecule has 0 atom stereocenters. The maximum Gasteiger partial charge on any atom is 0.181 e. The molecule has 2 aromatic carbocycles. The monoisotopic (exact) mass is 427 g/mol. The van der Waals surface area contributed by atoms with E-state index < -0.39 is 0 Å². The first-order valence-corrected chi connectivity index (χ1v) is 9.38. The number of ether oxygens (including phenoxy) is 1. The summed E-state index contributed by atoms with van der Waals surface area (Å²) < 4.78 is 22.6. The highest BCUT2D eigenvalue weighted by atomic mass is 35.5. The number of methoxy groups -OCH3 is 1. The van der Waals surface area contributed by atoms with E-state index in [1.807, 2.05) is 35.9 Å². The third-order valence-electron chi connectivity index (χ3n) is 4.65. The first kappa shape index (κ1) is 21.5. The maximum absolute atomic E-state index is 13.3. The van der Waals surface area contributed by atoms with Crippen molar-refractivity contribution in [3.05, 3.63) is 72.3 Å². The molecule has 0 aliphatic carbocycles. The Bertz CT molecular complexity index is 1150. The van der Waals surface area contributed by atoms with Crippen molar-refractivity contribution in [2.45, 2.75) is 26.7 Å². The molecular weight excluding hydrogens is 405 g/mol. The Kier molecular flexibility index (Phi) is 6.22. The van der Waals surface area contributed by atoms with E-state index in [1.54, 1.807) is 30.3 Å². The Morgan fingerprint density at radius 2 is 1.80 bits per heavy atom. The molecule has 0 saturated carbocycles. The van der Waals surface area contributed by atoms with E-state index in [0.717, 1.165) is 28.5 Å². The lowest BCUT2D eigenvalue weighted by Crippen LogP contribution is -2.04. The first-order chi connectivity index (χ1) is 14.0. The number of aromatic nitrogens is 5. The second-order valence-corrected chi connectivity index (χ2v) is 7.15. The molecule has 2 heterocycles. The predicted molar refractivity (Wildman–Crippen MR) is 117 cm³/mol. The minimum Gasteiger partial charge on any atom is -0.495 e. The van der Waals surface area contributed by atoms with Gasteiger partial charge in [0, 0.05) is 17.7 Å². The Balaban J connectivity index is 0.00000256. The van der Waals surface area contributed by atoms with Crippen LogP contribution in [0.4, 0.5) is 4.39 Å². The van der Waals surface area contributed by atoms with Gasteiger partial charge in [0.1, 0.15) is 17.4 Å². The van der Waals surface area contributed by atoms with Crippen molar-refractivity contribution in [2.24, 2.45) is 0 Å². The van der Waals surface area contributed by atoms with Gasteiger partial charge in [0.15, 0.2) is 5.82 Å². The summed E-state index contributed by atoms with van der Waals surface area (Å²) in [6, 6.07) is 12.1. The fourth-order valence-electron chi connectivity index (χ4n) is 3.18. The van der Waals surface area contributed by atoms with Crippen LogP contribution in [0.15, 0.2) is 55.0 Å². The number of hydrogen-bond acceptors (Lipinski definition) is 4. The van der Waals surface area contributed by atoms with Gasteiger partial charge in [-0.05, 0) is 49.4 Å². The molecule has 0 fully saturated rings. The van der Waals surface area contributed by atoms with Gasteiger partial charge in [-0.25, -0.2) is 19.0 Å². The number of nitrogens with zero attached hydrogens (tertiary/aromatic N) is 5. The van der Waals surface area contributed by atoms with E-state index in [4.69, 9.17) is 14.8 Å². The van der Waals surface area contributed by atoms with Crippen molar-refractivity contribution in [1.29, 1.82) is 0 Å². The van der Waals surface area contributed by atoms with Gasteiger partial charge in [-0.2, -0.15) is 0 Å². The second-order valence-electron chi connectivity index (χ2n) is 7.15. The molecule has 0 spiro atoms. The molecule has 0 N–H and O–H groups in total. The topological polar surface area (TPSA) is 57.8 Å². The molecule has 4 rings (SSSR count). The van der Waals surface area contributed by atoms with Gasteiger partial charge in [0.05, 0.1) is 30.5 Å².